The number of fused-ring (bicyclic) bond motifs is 1. The molecule has 0 saturated heterocycles. The second-order valence-corrected chi connectivity index (χ2v) is 7.95. The molecule has 0 fully saturated rings. The number of ether oxygens (including phenoxy) is 1. The molecule has 160 valence electrons. The van der Waals surface area contributed by atoms with Crippen molar-refractivity contribution in [2.24, 2.45) is 0 Å². The average Bonchev–Trinajstić information content (AvgIpc) is 3.37. The number of imide groups is 1. The van der Waals surface area contributed by atoms with Crippen molar-refractivity contribution in [3.63, 3.8) is 0 Å². The van der Waals surface area contributed by atoms with Gasteiger partial charge in [0, 0.05) is 12.2 Å². The van der Waals surface area contributed by atoms with Crippen molar-refractivity contribution in [1.82, 2.24) is 0 Å². The van der Waals surface area contributed by atoms with Gasteiger partial charge in [0.25, 0.3) is 11.8 Å². The molecule has 2 aliphatic heterocycles. The molecule has 32 heavy (non-hydrogen) atoms. The van der Waals surface area contributed by atoms with E-state index >= 15 is 0 Å². The SMILES string of the molecule is CCc1ccc(N2C(=O)C(c3ccc(OC)cc3)=C(N3CCc4ccccc43)C2=O)cc1. The van der Waals surface area contributed by atoms with E-state index in [2.05, 4.69) is 13.0 Å². The highest BCUT2D eigenvalue weighted by molar-refractivity contribution is 6.46. The Morgan fingerprint density at radius 2 is 1.59 bits per heavy atom. The van der Waals surface area contributed by atoms with Crippen molar-refractivity contribution in [3.05, 3.63) is 95.2 Å². The van der Waals surface area contributed by atoms with Gasteiger partial charge < -0.3 is 9.64 Å². The van der Waals surface area contributed by atoms with Gasteiger partial charge in [-0.3, -0.25) is 9.59 Å². The van der Waals surface area contributed by atoms with Crippen molar-refractivity contribution in [1.29, 1.82) is 0 Å². The molecular weight excluding hydrogens is 400 g/mol. The zero-order chi connectivity index (χ0) is 22.2. The third-order valence-corrected chi connectivity index (χ3v) is 6.20. The van der Waals surface area contributed by atoms with E-state index < -0.39 is 0 Å². The minimum absolute atomic E-state index is 0.290. The first-order valence-corrected chi connectivity index (χ1v) is 10.8. The normalized spacial score (nSPS) is 15.6. The van der Waals surface area contributed by atoms with Gasteiger partial charge >= 0.3 is 0 Å². The molecule has 0 spiro atoms. The van der Waals surface area contributed by atoms with E-state index in [1.54, 1.807) is 7.11 Å². The predicted octanol–water partition coefficient (Wildman–Crippen LogP) is 4.60. The molecule has 0 aliphatic carbocycles. The molecule has 5 heteroatoms. The van der Waals surface area contributed by atoms with Crippen LogP contribution in [0.5, 0.6) is 5.75 Å². The van der Waals surface area contributed by atoms with Crippen molar-refractivity contribution in [3.8, 4) is 5.75 Å². The van der Waals surface area contributed by atoms with Gasteiger partial charge in [0.1, 0.15) is 11.4 Å². The predicted molar refractivity (Wildman–Crippen MR) is 126 cm³/mol. The van der Waals surface area contributed by atoms with Gasteiger partial charge in [0.05, 0.1) is 18.4 Å². The number of hydrogen-bond acceptors (Lipinski definition) is 4. The highest BCUT2D eigenvalue weighted by Gasteiger charge is 2.44. The molecule has 0 N–H and O–H groups in total. The summed E-state index contributed by atoms with van der Waals surface area (Å²) in [7, 11) is 1.60. The molecule has 2 amide bonds. The van der Waals surface area contributed by atoms with Crippen LogP contribution < -0.4 is 14.5 Å². The van der Waals surface area contributed by atoms with Crippen LogP contribution in [-0.4, -0.2) is 25.5 Å². The molecule has 2 aliphatic rings. The van der Waals surface area contributed by atoms with Crippen LogP contribution in [0.4, 0.5) is 11.4 Å². The number of aryl methyl sites for hydroxylation is 1. The highest BCUT2D eigenvalue weighted by atomic mass is 16.5. The molecule has 3 aromatic rings. The second-order valence-electron chi connectivity index (χ2n) is 7.95. The van der Waals surface area contributed by atoms with Crippen LogP contribution in [0.3, 0.4) is 0 Å². The maximum absolute atomic E-state index is 13.8. The third kappa shape index (κ3) is 3.17. The Bertz CT molecular complexity index is 1230. The number of nitrogens with zero attached hydrogens (tertiary/aromatic N) is 2. The van der Waals surface area contributed by atoms with Gasteiger partial charge in [-0.1, -0.05) is 49.4 Å². The maximum atomic E-state index is 13.8. The van der Waals surface area contributed by atoms with E-state index in [1.165, 1.54) is 10.5 Å². The number of para-hydroxylation sites is 1. The summed E-state index contributed by atoms with van der Waals surface area (Å²) in [6, 6.07) is 23.0. The number of methoxy groups -OCH3 is 1. The van der Waals surface area contributed by atoms with Crippen LogP contribution in [0.2, 0.25) is 0 Å². The van der Waals surface area contributed by atoms with Crippen LogP contribution in [0.1, 0.15) is 23.6 Å². The van der Waals surface area contributed by atoms with Crippen LogP contribution in [0.15, 0.2) is 78.5 Å². The molecule has 0 unspecified atom stereocenters. The summed E-state index contributed by atoms with van der Waals surface area (Å²) in [6.45, 7) is 2.74. The Balaban J connectivity index is 1.64. The fourth-order valence-corrected chi connectivity index (χ4v) is 4.47. The zero-order valence-electron chi connectivity index (χ0n) is 18.2. The van der Waals surface area contributed by atoms with Gasteiger partial charge in [-0.05, 0) is 59.9 Å². The number of rotatable bonds is 5. The number of carbonyl (C=O) groups is 2. The monoisotopic (exact) mass is 424 g/mol. The van der Waals surface area contributed by atoms with Gasteiger partial charge in [-0.15, -0.1) is 0 Å². The van der Waals surface area contributed by atoms with Crippen molar-refractivity contribution < 1.29 is 14.3 Å². The van der Waals surface area contributed by atoms with E-state index in [4.69, 9.17) is 4.74 Å². The molecular formula is C27H24N2O3. The minimum Gasteiger partial charge on any atom is -0.497 e. The lowest BCUT2D eigenvalue weighted by atomic mass is 10.0. The summed E-state index contributed by atoms with van der Waals surface area (Å²) in [4.78, 5) is 30.7. The second kappa shape index (κ2) is 8.00. The molecule has 0 bridgehead atoms. The third-order valence-electron chi connectivity index (χ3n) is 6.20. The number of amides is 2. The molecule has 5 rings (SSSR count). The Morgan fingerprint density at radius 3 is 2.28 bits per heavy atom. The van der Waals surface area contributed by atoms with E-state index in [9.17, 15) is 9.59 Å². The smallest absolute Gasteiger partial charge is 0.282 e. The lowest BCUT2D eigenvalue weighted by molar-refractivity contribution is -0.120. The average molecular weight is 425 g/mol. The first-order chi connectivity index (χ1) is 15.6. The Kier molecular flexibility index (Phi) is 5.02. The lowest BCUT2D eigenvalue weighted by Gasteiger charge is -2.22. The lowest BCUT2D eigenvalue weighted by Crippen LogP contribution is -2.34. The fourth-order valence-electron chi connectivity index (χ4n) is 4.47. The quantitative estimate of drug-likeness (QED) is 0.562. The molecule has 0 aromatic heterocycles. The van der Waals surface area contributed by atoms with E-state index in [1.807, 2.05) is 71.6 Å². The Labute approximate surface area is 187 Å². The first-order valence-electron chi connectivity index (χ1n) is 10.8. The highest BCUT2D eigenvalue weighted by Crippen LogP contribution is 2.40. The van der Waals surface area contributed by atoms with Crippen LogP contribution >= 0.6 is 0 Å². The van der Waals surface area contributed by atoms with E-state index in [0.29, 0.717) is 34.8 Å². The summed E-state index contributed by atoms with van der Waals surface area (Å²) >= 11 is 0. The zero-order valence-corrected chi connectivity index (χ0v) is 18.2. The molecule has 0 radical (unpaired) electrons. The van der Waals surface area contributed by atoms with Gasteiger partial charge in [0.15, 0.2) is 0 Å². The summed E-state index contributed by atoms with van der Waals surface area (Å²) in [5.74, 6) is 0.108. The van der Waals surface area contributed by atoms with Gasteiger partial charge in [-0.25, -0.2) is 4.90 Å². The fraction of sp³-hybridized carbons (Fsp3) is 0.185. The Morgan fingerprint density at radius 1 is 0.875 bits per heavy atom. The maximum Gasteiger partial charge on any atom is 0.282 e. The number of anilines is 2. The number of hydrogen-bond donors (Lipinski definition) is 0. The summed E-state index contributed by atoms with van der Waals surface area (Å²) in [6.07, 6.45) is 1.73. The van der Waals surface area contributed by atoms with Gasteiger partial charge in [-0.2, -0.15) is 0 Å². The summed E-state index contributed by atoms with van der Waals surface area (Å²) in [5, 5.41) is 0. The minimum atomic E-state index is -0.302. The van der Waals surface area contributed by atoms with E-state index in [-0.39, 0.29) is 11.8 Å². The number of carbonyl (C=O) groups excluding carboxylic acids is 2. The van der Waals surface area contributed by atoms with Gasteiger partial charge in [0.2, 0.25) is 0 Å². The number of benzene rings is 3. The largest absolute Gasteiger partial charge is 0.497 e. The first kappa shape index (κ1) is 20.1. The van der Waals surface area contributed by atoms with Crippen LogP contribution in [0.25, 0.3) is 5.57 Å². The van der Waals surface area contributed by atoms with E-state index in [0.717, 1.165) is 24.1 Å². The molecule has 0 atom stereocenters. The summed E-state index contributed by atoms with van der Waals surface area (Å²) < 4.78 is 5.28. The van der Waals surface area contributed by atoms with Crippen molar-refractivity contribution in [2.45, 2.75) is 19.8 Å². The topological polar surface area (TPSA) is 49.9 Å². The summed E-state index contributed by atoms with van der Waals surface area (Å²) in [5.41, 5.74) is 5.48. The van der Waals surface area contributed by atoms with Crippen LogP contribution in [-0.2, 0) is 22.4 Å². The standard InChI is InChI=1S/C27H24N2O3/c1-3-18-8-12-21(13-9-18)29-26(30)24(20-10-14-22(32-2)15-11-20)25(27(29)31)28-17-16-19-6-4-5-7-23(19)28/h4-15H,3,16-17H2,1-2H3. The molecule has 5 nitrogen and oxygen atoms in total. The molecule has 2 heterocycles. The molecule has 0 saturated carbocycles. The molecule has 3 aromatic carbocycles. The van der Waals surface area contributed by atoms with Crippen LogP contribution in [0, 0.1) is 0 Å². The van der Waals surface area contributed by atoms with Crippen molar-refractivity contribution in [2.75, 3.05) is 23.5 Å². The van der Waals surface area contributed by atoms with Crippen molar-refractivity contribution >= 4 is 28.8 Å². The Hall–Kier alpha value is -3.86.